The molecule has 1 fully saturated rings. The van der Waals surface area contributed by atoms with Crippen LogP contribution in [0.15, 0.2) is 0 Å². The molecule has 1 saturated heterocycles. The van der Waals surface area contributed by atoms with Crippen molar-refractivity contribution in [2.75, 3.05) is 25.2 Å². The molecule has 0 aromatic heterocycles. The lowest BCUT2D eigenvalue weighted by atomic mass is 9.90. The summed E-state index contributed by atoms with van der Waals surface area (Å²) < 4.78 is 5.14. The first kappa shape index (κ1) is 15.1. The highest BCUT2D eigenvalue weighted by Crippen LogP contribution is 2.20. The third kappa shape index (κ3) is 4.06. The van der Waals surface area contributed by atoms with Crippen LogP contribution in [-0.4, -0.2) is 53.9 Å². The van der Waals surface area contributed by atoms with E-state index in [2.05, 4.69) is 10.6 Å². The van der Waals surface area contributed by atoms with Crippen molar-refractivity contribution in [3.05, 3.63) is 0 Å². The molecule has 0 aliphatic carbocycles. The topological polar surface area (TPSA) is 87.7 Å². The van der Waals surface area contributed by atoms with Crippen LogP contribution in [0.3, 0.4) is 0 Å². The van der Waals surface area contributed by atoms with Crippen LogP contribution in [0.25, 0.3) is 0 Å². The Morgan fingerprint density at radius 1 is 1.44 bits per heavy atom. The van der Waals surface area contributed by atoms with E-state index in [-0.39, 0.29) is 6.04 Å². The van der Waals surface area contributed by atoms with Crippen LogP contribution >= 0.6 is 11.8 Å². The molecule has 0 saturated carbocycles. The summed E-state index contributed by atoms with van der Waals surface area (Å²) in [5, 5.41) is 14.6. The summed E-state index contributed by atoms with van der Waals surface area (Å²) in [6.45, 7) is 2.59. The molecule has 1 aliphatic heterocycles. The van der Waals surface area contributed by atoms with Crippen LogP contribution in [-0.2, 0) is 9.53 Å². The summed E-state index contributed by atoms with van der Waals surface area (Å²) >= 11 is 1.62. The van der Waals surface area contributed by atoms with Gasteiger partial charge in [0.1, 0.15) is 5.54 Å². The number of amides is 2. The van der Waals surface area contributed by atoms with Crippen molar-refractivity contribution in [3.8, 4) is 0 Å². The van der Waals surface area contributed by atoms with E-state index in [1.165, 1.54) is 0 Å². The number of ether oxygens (including phenoxy) is 1. The average molecular weight is 276 g/mol. The van der Waals surface area contributed by atoms with Crippen molar-refractivity contribution in [3.63, 3.8) is 0 Å². The Kier molecular flexibility index (Phi) is 5.74. The van der Waals surface area contributed by atoms with Crippen molar-refractivity contribution < 1.29 is 19.4 Å². The SMILES string of the molecule is CSCC(C)NC(=O)NC1(C(=O)O)CCOCC1. The summed E-state index contributed by atoms with van der Waals surface area (Å²) in [4.78, 5) is 23.1. The van der Waals surface area contributed by atoms with Gasteiger partial charge < -0.3 is 20.5 Å². The first-order chi connectivity index (χ1) is 8.50. The zero-order valence-electron chi connectivity index (χ0n) is 10.7. The predicted molar refractivity (Wildman–Crippen MR) is 69.9 cm³/mol. The van der Waals surface area contributed by atoms with Crippen molar-refractivity contribution >= 4 is 23.8 Å². The summed E-state index contributed by atoms with van der Waals surface area (Å²) in [6.07, 6.45) is 2.55. The van der Waals surface area contributed by atoms with Gasteiger partial charge in [-0.2, -0.15) is 11.8 Å². The van der Waals surface area contributed by atoms with Crippen LogP contribution in [0.2, 0.25) is 0 Å². The normalized spacial score (nSPS) is 19.9. The van der Waals surface area contributed by atoms with Crippen molar-refractivity contribution in [2.24, 2.45) is 0 Å². The molecule has 1 atom stereocenters. The second-order valence-electron chi connectivity index (χ2n) is 4.45. The summed E-state index contributed by atoms with van der Waals surface area (Å²) in [7, 11) is 0. The minimum atomic E-state index is -1.19. The van der Waals surface area contributed by atoms with E-state index in [4.69, 9.17) is 4.74 Å². The Hall–Kier alpha value is -0.950. The largest absolute Gasteiger partial charge is 0.480 e. The lowest BCUT2D eigenvalue weighted by Crippen LogP contribution is -2.60. The van der Waals surface area contributed by atoms with Crippen molar-refractivity contribution in [1.29, 1.82) is 0 Å². The summed E-state index contributed by atoms with van der Waals surface area (Å²) in [6, 6.07) is -0.425. The fraction of sp³-hybridized carbons (Fsp3) is 0.818. The van der Waals surface area contributed by atoms with Gasteiger partial charge in [-0.05, 0) is 13.2 Å². The van der Waals surface area contributed by atoms with Gasteiger partial charge in [0.15, 0.2) is 0 Å². The number of aliphatic carboxylic acids is 1. The third-order valence-electron chi connectivity index (χ3n) is 2.90. The van der Waals surface area contributed by atoms with E-state index >= 15 is 0 Å². The Bertz CT molecular complexity index is 305. The van der Waals surface area contributed by atoms with E-state index < -0.39 is 17.5 Å². The first-order valence-corrected chi connectivity index (χ1v) is 7.28. The van der Waals surface area contributed by atoms with Crippen LogP contribution < -0.4 is 10.6 Å². The molecule has 1 unspecified atom stereocenters. The second kappa shape index (κ2) is 6.84. The molecule has 1 rings (SSSR count). The van der Waals surface area contributed by atoms with Crippen molar-refractivity contribution in [1.82, 2.24) is 10.6 Å². The number of carboxylic acids is 1. The maximum Gasteiger partial charge on any atom is 0.329 e. The lowest BCUT2D eigenvalue weighted by molar-refractivity contribution is -0.148. The summed E-state index contributed by atoms with van der Waals surface area (Å²) in [5.74, 6) is -0.213. The quantitative estimate of drug-likeness (QED) is 0.687. The Balaban J connectivity index is 2.55. The molecule has 104 valence electrons. The van der Waals surface area contributed by atoms with Gasteiger partial charge in [-0.15, -0.1) is 0 Å². The highest BCUT2D eigenvalue weighted by molar-refractivity contribution is 7.98. The number of carbonyl (C=O) groups is 2. The fourth-order valence-corrected chi connectivity index (χ4v) is 2.46. The number of urea groups is 1. The van der Waals surface area contributed by atoms with E-state index in [1.54, 1.807) is 11.8 Å². The minimum absolute atomic E-state index is 0.00526. The molecule has 0 radical (unpaired) electrons. The van der Waals surface area contributed by atoms with Gasteiger partial charge in [0.25, 0.3) is 0 Å². The zero-order chi connectivity index (χ0) is 13.6. The molecule has 1 aliphatic rings. The molecule has 0 aromatic rings. The summed E-state index contributed by atoms with van der Waals surface area (Å²) in [5.41, 5.74) is -1.19. The molecule has 1 heterocycles. The standard InChI is InChI=1S/C11H20N2O4S/c1-8(7-18-2)12-10(16)13-11(9(14)15)3-5-17-6-4-11/h8H,3-7H2,1-2H3,(H,14,15)(H2,12,13,16). The van der Waals surface area contributed by atoms with Crippen molar-refractivity contribution in [2.45, 2.75) is 31.3 Å². The van der Waals surface area contributed by atoms with Crippen LogP contribution in [0, 0.1) is 0 Å². The molecule has 2 amide bonds. The number of carbonyl (C=O) groups excluding carboxylic acids is 1. The van der Waals surface area contributed by atoms with E-state index in [0.717, 1.165) is 5.75 Å². The Morgan fingerprint density at radius 3 is 2.56 bits per heavy atom. The average Bonchev–Trinajstić information content (AvgIpc) is 2.29. The maximum absolute atomic E-state index is 11.8. The molecule has 0 spiro atoms. The number of thioether (sulfide) groups is 1. The van der Waals surface area contributed by atoms with E-state index in [9.17, 15) is 14.7 Å². The lowest BCUT2D eigenvalue weighted by Gasteiger charge is -2.34. The van der Waals surface area contributed by atoms with Gasteiger partial charge in [-0.25, -0.2) is 9.59 Å². The highest BCUT2D eigenvalue weighted by Gasteiger charge is 2.41. The Labute approximate surface area is 111 Å². The van der Waals surface area contributed by atoms with E-state index in [0.29, 0.717) is 26.1 Å². The second-order valence-corrected chi connectivity index (χ2v) is 5.37. The Morgan fingerprint density at radius 2 is 2.06 bits per heavy atom. The van der Waals surface area contributed by atoms with E-state index in [1.807, 2.05) is 13.2 Å². The minimum Gasteiger partial charge on any atom is -0.480 e. The van der Waals surface area contributed by atoms with Gasteiger partial charge in [0.2, 0.25) is 0 Å². The maximum atomic E-state index is 11.8. The number of carboxylic acid groups (broad SMARTS) is 1. The monoisotopic (exact) mass is 276 g/mol. The number of hydrogen-bond donors (Lipinski definition) is 3. The van der Waals surface area contributed by atoms with Gasteiger partial charge in [0.05, 0.1) is 0 Å². The molecule has 18 heavy (non-hydrogen) atoms. The predicted octanol–water partition coefficient (Wildman–Crippen LogP) is 0.671. The van der Waals surface area contributed by atoms with Crippen LogP contribution in [0.5, 0.6) is 0 Å². The third-order valence-corrected chi connectivity index (χ3v) is 3.74. The van der Waals surface area contributed by atoms with Gasteiger partial charge >= 0.3 is 12.0 Å². The zero-order valence-corrected chi connectivity index (χ0v) is 11.5. The van der Waals surface area contributed by atoms with Gasteiger partial charge in [-0.3, -0.25) is 0 Å². The molecule has 7 heteroatoms. The molecular formula is C11H20N2O4S. The molecule has 6 nitrogen and oxygen atoms in total. The number of hydrogen-bond acceptors (Lipinski definition) is 4. The smallest absolute Gasteiger partial charge is 0.329 e. The van der Waals surface area contributed by atoms with Crippen LogP contribution in [0.4, 0.5) is 4.79 Å². The number of rotatable bonds is 5. The van der Waals surface area contributed by atoms with Gasteiger partial charge in [0, 0.05) is 37.9 Å². The molecule has 0 aromatic carbocycles. The van der Waals surface area contributed by atoms with Crippen LogP contribution in [0.1, 0.15) is 19.8 Å². The highest BCUT2D eigenvalue weighted by atomic mass is 32.2. The molecule has 3 N–H and O–H groups in total. The van der Waals surface area contributed by atoms with Gasteiger partial charge in [-0.1, -0.05) is 0 Å². The molecule has 0 bridgehead atoms. The number of nitrogens with one attached hydrogen (secondary N) is 2. The first-order valence-electron chi connectivity index (χ1n) is 5.89. The molecular weight excluding hydrogens is 256 g/mol. The fourth-order valence-electron chi connectivity index (χ4n) is 1.88.